The monoisotopic (exact) mass is 223 g/mol. The van der Waals surface area contributed by atoms with E-state index in [1.54, 1.807) is 6.07 Å². The van der Waals surface area contributed by atoms with Gasteiger partial charge >= 0.3 is 0 Å². The molecule has 1 aromatic heterocycles. The second-order valence-corrected chi connectivity index (χ2v) is 3.36. The van der Waals surface area contributed by atoms with E-state index in [2.05, 4.69) is 9.97 Å². The van der Waals surface area contributed by atoms with Gasteiger partial charge in [-0.05, 0) is 24.3 Å². The van der Waals surface area contributed by atoms with Gasteiger partial charge in [-0.3, -0.25) is 0 Å². The summed E-state index contributed by atoms with van der Waals surface area (Å²) >= 11 is 5.77. The summed E-state index contributed by atoms with van der Waals surface area (Å²) in [5.74, 6) is -0.288. The number of aromatic nitrogens is 2. The van der Waals surface area contributed by atoms with Gasteiger partial charge in [0.1, 0.15) is 5.82 Å². The van der Waals surface area contributed by atoms with E-state index in [0.29, 0.717) is 16.3 Å². The quantitative estimate of drug-likeness (QED) is 0.808. The Morgan fingerprint density at radius 3 is 2.80 bits per heavy atom. The highest BCUT2D eigenvalue weighted by Crippen LogP contribution is 2.24. The Morgan fingerprint density at radius 1 is 1.27 bits per heavy atom. The molecule has 15 heavy (non-hydrogen) atoms. The molecule has 0 atom stereocenters. The predicted octanol–water partition coefficient (Wildman–Crippen LogP) is 2.52. The number of hydrogen-bond donors (Lipinski definition) is 1. The molecule has 0 fully saturated rings. The molecule has 76 valence electrons. The second kappa shape index (κ2) is 3.82. The first-order valence-electron chi connectivity index (χ1n) is 4.21. The van der Waals surface area contributed by atoms with Gasteiger partial charge in [0, 0.05) is 16.8 Å². The molecule has 0 aliphatic heterocycles. The van der Waals surface area contributed by atoms with Crippen molar-refractivity contribution in [2.45, 2.75) is 0 Å². The Kier molecular flexibility index (Phi) is 2.51. The largest absolute Gasteiger partial charge is 0.368 e. The molecule has 2 N–H and O–H groups in total. The summed E-state index contributed by atoms with van der Waals surface area (Å²) in [4.78, 5) is 7.64. The number of anilines is 1. The first-order valence-corrected chi connectivity index (χ1v) is 4.58. The van der Waals surface area contributed by atoms with Crippen molar-refractivity contribution in [2.24, 2.45) is 0 Å². The van der Waals surface area contributed by atoms with Crippen LogP contribution in [0.1, 0.15) is 0 Å². The maximum atomic E-state index is 13.4. The van der Waals surface area contributed by atoms with Gasteiger partial charge in [-0.1, -0.05) is 11.6 Å². The van der Waals surface area contributed by atoms with Crippen LogP contribution in [-0.2, 0) is 0 Å². The molecule has 0 radical (unpaired) electrons. The third-order valence-electron chi connectivity index (χ3n) is 1.88. The van der Waals surface area contributed by atoms with Crippen molar-refractivity contribution in [3.8, 4) is 11.3 Å². The van der Waals surface area contributed by atoms with Gasteiger partial charge < -0.3 is 5.73 Å². The summed E-state index contributed by atoms with van der Waals surface area (Å²) in [7, 11) is 0. The molecule has 1 heterocycles. The van der Waals surface area contributed by atoms with Crippen molar-refractivity contribution < 1.29 is 4.39 Å². The maximum Gasteiger partial charge on any atom is 0.220 e. The van der Waals surface area contributed by atoms with Crippen LogP contribution < -0.4 is 5.73 Å². The lowest BCUT2D eigenvalue weighted by atomic mass is 10.1. The van der Waals surface area contributed by atoms with Crippen molar-refractivity contribution in [1.82, 2.24) is 9.97 Å². The normalized spacial score (nSPS) is 10.3. The Morgan fingerprint density at radius 2 is 2.07 bits per heavy atom. The SMILES string of the molecule is Nc1nccc(-c2cc(Cl)ccc2F)n1. The van der Waals surface area contributed by atoms with Crippen LogP contribution in [0.25, 0.3) is 11.3 Å². The molecule has 0 saturated carbocycles. The number of hydrogen-bond acceptors (Lipinski definition) is 3. The van der Waals surface area contributed by atoms with Crippen LogP contribution in [0.3, 0.4) is 0 Å². The first kappa shape index (κ1) is 9.86. The van der Waals surface area contributed by atoms with Crippen molar-refractivity contribution in [2.75, 3.05) is 5.73 Å². The molecule has 0 bridgehead atoms. The van der Waals surface area contributed by atoms with Gasteiger partial charge in [0.15, 0.2) is 0 Å². The van der Waals surface area contributed by atoms with Crippen molar-refractivity contribution >= 4 is 17.5 Å². The standard InChI is InChI=1S/C10H7ClFN3/c11-6-1-2-8(12)7(5-6)9-3-4-14-10(13)15-9/h1-5H,(H2,13,14,15). The highest BCUT2D eigenvalue weighted by atomic mass is 35.5. The van der Waals surface area contributed by atoms with E-state index >= 15 is 0 Å². The Balaban J connectivity index is 2.58. The van der Waals surface area contributed by atoms with Gasteiger partial charge in [-0.25, -0.2) is 14.4 Å². The van der Waals surface area contributed by atoms with E-state index in [9.17, 15) is 4.39 Å². The number of rotatable bonds is 1. The Bertz CT molecular complexity index is 502. The topological polar surface area (TPSA) is 51.8 Å². The summed E-state index contributed by atoms with van der Waals surface area (Å²) in [5, 5.41) is 0.448. The molecule has 2 rings (SSSR count). The Labute approximate surface area is 90.7 Å². The molecule has 2 aromatic rings. The van der Waals surface area contributed by atoms with Crippen LogP contribution in [-0.4, -0.2) is 9.97 Å². The van der Waals surface area contributed by atoms with Crippen molar-refractivity contribution in [1.29, 1.82) is 0 Å². The molecule has 0 aliphatic rings. The predicted molar refractivity (Wildman–Crippen MR) is 56.8 cm³/mol. The number of nitrogen functional groups attached to an aromatic ring is 1. The van der Waals surface area contributed by atoms with Crippen LogP contribution >= 0.6 is 11.6 Å². The van der Waals surface area contributed by atoms with Crippen LogP contribution in [0.4, 0.5) is 10.3 Å². The van der Waals surface area contributed by atoms with E-state index in [1.807, 2.05) is 0 Å². The average molecular weight is 224 g/mol. The fraction of sp³-hybridized carbons (Fsp3) is 0. The minimum Gasteiger partial charge on any atom is -0.368 e. The lowest BCUT2D eigenvalue weighted by Crippen LogP contribution is -1.96. The summed E-state index contributed by atoms with van der Waals surface area (Å²) in [6, 6.07) is 5.84. The molecule has 5 heteroatoms. The van der Waals surface area contributed by atoms with E-state index < -0.39 is 5.82 Å². The van der Waals surface area contributed by atoms with E-state index in [4.69, 9.17) is 17.3 Å². The highest BCUT2D eigenvalue weighted by Gasteiger charge is 2.07. The second-order valence-electron chi connectivity index (χ2n) is 2.92. The third-order valence-corrected chi connectivity index (χ3v) is 2.11. The average Bonchev–Trinajstić information content (AvgIpc) is 2.22. The zero-order chi connectivity index (χ0) is 10.8. The summed E-state index contributed by atoms with van der Waals surface area (Å²) < 4.78 is 13.4. The number of nitrogens with zero attached hydrogens (tertiary/aromatic N) is 2. The van der Waals surface area contributed by atoms with E-state index in [1.165, 1.54) is 24.4 Å². The lowest BCUT2D eigenvalue weighted by Gasteiger charge is -2.03. The lowest BCUT2D eigenvalue weighted by molar-refractivity contribution is 0.630. The summed E-state index contributed by atoms with van der Waals surface area (Å²) in [5.41, 5.74) is 6.14. The molecule has 1 aromatic carbocycles. The Hall–Kier alpha value is -1.68. The van der Waals surface area contributed by atoms with Crippen LogP contribution in [0.5, 0.6) is 0 Å². The summed E-state index contributed by atoms with van der Waals surface area (Å²) in [6.07, 6.45) is 1.47. The maximum absolute atomic E-state index is 13.4. The van der Waals surface area contributed by atoms with E-state index in [0.717, 1.165) is 0 Å². The molecular weight excluding hydrogens is 217 g/mol. The van der Waals surface area contributed by atoms with Gasteiger partial charge in [-0.2, -0.15) is 0 Å². The fourth-order valence-electron chi connectivity index (χ4n) is 1.22. The minimum absolute atomic E-state index is 0.104. The first-order chi connectivity index (χ1) is 7.16. The number of nitrogens with two attached hydrogens (primary N) is 1. The van der Waals surface area contributed by atoms with Crippen LogP contribution in [0, 0.1) is 5.82 Å². The van der Waals surface area contributed by atoms with Crippen LogP contribution in [0.2, 0.25) is 5.02 Å². The van der Waals surface area contributed by atoms with Gasteiger partial charge in [0.05, 0.1) is 5.69 Å². The van der Waals surface area contributed by atoms with Gasteiger partial charge in [0.2, 0.25) is 5.95 Å². The minimum atomic E-state index is -0.391. The van der Waals surface area contributed by atoms with Gasteiger partial charge in [-0.15, -0.1) is 0 Å². The smallest absolute Gasteiger partial charge is 0.220 e. The van der Waals surface area contributed by atoms with Crippen molar-refractivity contribution in [3.63, 3.8) is 0 Å². The molecular formula is C10H7ClFN3. The fourth-order valence-corrected chi connectivity index (χ4v) is 1.39. The van der Waals surface area contributed by atoms with Crippen LogP contribution in [0.15, 0.2) is 30.5 Å². The molecule has 0 saturated heterocycles. The molecule has 0 unspecified atom stereocenters. The molecule has 0 spiro atoms. The zero-order valence-electron chi connectivity index (χ0n) is 7.61. The zero-order valence-corrected chi connectivity index (χ0v) is 8.37. The van der Waals surface area contributed by atoms with E-state index in [-0.39, 0.29) is 5.95 Å². The van der Waals surface area contributed by atoms with Crippen molar-refractivity contribution in [3.05, 3.63) is 41.3 Å². The molecule has 0 aliphatic carbocycles. The molecule has 0 amide bonds. The summed E-state index contributed by atoms with van der Waals surface area (Å²) in [6.45, 7) is 0. The molecule has 3 nitrogen and oxygen atoms in total. The highest BCUT2D eigenvalue weighted by molar-refractivity contribution is 6.30. The number of benzene rings is 1. The number of halogens is 2. The third kappa shape index (κ3) is 2.05. The van der Waals surface area contributed by atoms with Gasteiger partial charge in [0.25, 0.3) is 0 Å².